The summed E-state index contributed by atoms with van der Waals surface area (Å²) >= 11 is 0. The number of aliphatic carboxylic acids is 1. The number of rotatable bonds is 42. The zero-order valence-electron chi connectivity index (χ0n) is 59.5. The molecule has 7 aliphatic heterocycles. The molecule has 0 bridgehead atoms. The molecule has 35 N–H and O–H groups in total. The minimum atomic E-state index is -6.37. The van der Waals surface area contributed by atoms with E-state index >= 15 is 0 Å². The number of carbonyl (C=O) groups is 1. The van der Waals surface area contributed by atoms with Gasteiger partial charge in [-0.1, -0.05) is 0 Å². The summed E-state index contributed by atoms with van der Waals surface area (Å²) in [7, 11) is -23.3. The van der Waals surface area contributed by atoms with Gasteiger partial charge in [0.25, 0.3) is 5.79 Å². The monoisotopic (exact) mass is 1780 g/mol. The number of hydrogen-bond donors (Lipinski definition) is 32. The fraction of sp³-hybridized carbons (Fsp3) is 0.981. The van der Waals surface area contributed by atoms with Crippen LogP contribution in [0.4, 0.5) is 0 Å². The second-order valence-electron chi connectivity index (χ2n) is 26.6. The largest absolute Gasteiger partial charge is 0.481 e. The van der Waals surface area contributed by atoms with E-state index in [9.17, 15) is 170 Å². The van der Waals surface area contributed by atoms with Crippen molar-refractivity contribution in [2.24, 2.45) is 17.2 Å². The van der Waals surface area contributed by atoms with Crippen LogP contribution < -0.4 is 17.2 Å². The maximum absolute atomic E-state index is 13.7. The minimum Gasteiger partial charge on any atom is -0.477 e. The highest BCUT2D eigenvalue weighted by Gasteiger charge is 2.64. The van der Waals surface area contributed by atoms with Crippen molar-refractivity contribution in [3.63, 3.8) is 0 Å². The van der Waals surface area contributed by atoms with Crippen molar-refractivity contribution in [1.82, 2.24) is 0 Å². The van der Waals surface area contributed by atoms with Crippen molar-refractivity contribution < 1.29 is 263 Å². The maximum atomic E-state index is 13.7. The normalized spacial score (nSPS) is 43.8. The Morgan fingerprint density at radius 3 is 1.30 bits per heavy atom. The van der Waals surface area contributed by atoms with Crippen LogP contribution in [0.1, 0.15) is 6.42 Å². The molecule has 43 atom stereocenters. The Morgan fingerprint density at radius 2 is 0.783 bits per heavy atom. The average molecular weight is 1780 g/mol. The Bertz CT molecular complexity index is 3180. The average Bonchev–Trinajstić information content (AvgIpc) is 0.754. The van der Waals surface area contributed by atoms with Gasteiger partial charge in [0, 0.05) is 26.1 Å². The second kappa shape index (κ2) is 43.3. The summed E-state index contributed by atoms with van der Waals surface area (Å²) in [5.74, 6) is -6.20. The molecule has 0 aromatic rings. The number of nitrogens with two attached hydrogens (primary N) is 3. The first-order valence-corrected chi connectivity index (χ1v) is 40.6. The lowest BCUT2D eigenvalue weighted by atomic mass is 9.91. The first-order valence-electron chi connectivity index (χ1n) is 34.6. The molecule has 676 valence electrons. The van der Waals surface area contributed by atoms with E-state index in [0.29, 0.717) is 0 Å². The lowest BCUT2D eigenvalue weighted by Gasteiger charge is -2.52. The number of ether oxygens (including phenoxy) is 13. The molecule has 7 aliphatic rings. The number of phosphoric ester groups is 4. The van der Waals surface area contributed by atoms with Crippen LogP contribution in [0.15, 0.2) is 0 Å². The standard InChI is InChI=1S/C54H101N3O54P4/c55-1-4-92-112(84,85)109-22(14-64)40-25(71)26(72)45(105-50-33(79)42(110-113(86,87)93-5-2-56)32(78)35(97-50)15(65)8-58)52(101-40)104-44-34(80)51(102-41-19(108-115(90,91)111-114(88,89)94-6-3-57)7-54(83,53(81)82)107-38(41)18(68)11-61)99-37(17(67)10-60)46(44)106-48-30(76)27(73)39(21(13-63)96-48)100-49-31(77)28(74)43(36(98-49)16(66)9-59)103-47-29(75)24(70)23(69)20(12-62)95-47/h15-52,58-80,83H,1-14,55-57H2,(H,81,82)(H,84,85)(H,86,87)(H,88,89)(H,90,91)/t15-,16+,17-,18+,19+,20+,21+,22-,23-,24-,25-,26-,27+,28+,29+,30+,31-,32+,33-,34-,35+,36+,37+,38+,39+,40+,41+,42-,43-,44+,45-,46+,47-,48-,49+,50+,51+,52+,54+/m0/s1. The predicted molar refractivity (Wildman–Crippen MR) is 349 cm³/mol. The van der Waals surface area contributed by atoms with E-state index in [0.717, 1.165) is 0 Å². The van der Waals surface area contributed by atoms with Crippen molar-refractivity contribution in [2.45, 2.75) is 245 Å². The molecule has 0 aliphatic carbocycles. The third kappa shape index (κ3) is 24.5. The van der Waals surface area contributed by atoms with Crippen LogP contribution >= 0.6 is 31.3 Å². The van der Waals surface area contributed by atoms with Gasteiger partial charge in [0.1, 0.15) is 195 Å². The highest BCUT2D eigenvalue weighted by atomic mass is 31.3. The van der Waals surface area contributed by atoms with Gasteiger partial charge in [0.05, 0.1) is 66.1 Å². The molecular formula is C54H101N3O54P4. The Morgan fingerprint density at radius 1 is 0.383 bits per heavy atom. The lowest BCUT2D eigenvalue weighted by Crippen LogP contribution is -2.71. The predicted octanol–water partition coefficient (Wildman–Crippen LogP) is -18.6. The second-order valence-corrected chi connectivity index (χ2v) is 32.4. The SMILES string of the molecule is NCCOP(=O)(O)O[C@@H]1[C@H](O)[C@@H](O[C@@H]2[C@@H](O[C@@H]3[C@H](O)[C@@H](O[C@H]4[C@@H]([C@H](O)CO)O[C@@](O)(C(=O)O)C[C@H]4OP(=O)(O)OP(=O)(O)OCCN)O[C@H]([C@@H](O)CO)[C@H]3O[C@@H]3O[C@H](CO)[C@@H](O[C@H]4O[C@H]([C@H](O)CO)[C@@H](O[C@@H]5O[C@H](CO)[C@H](O)[C@H](O)[C@H]5O)[C@H](O)[C@@H]4O)[C@H](O)[C@H]3O)O[C@H]([C@H](CO)OP(=O)(O)OCCN)[C@@H](O)[C@@H]2O)O[C@H]([C@@H](O)CO)[C@H]1O. The number of aliphatic hydroxyl groups excluding tert-OH is 23. The first-order chi connectivity index (χ1) is 53.8. The van der Waals surface area contributed by atoms with Gasteiger partial charge in [-0.2, -0.15) is 4.31 Å². The summed E-state index contributed by atoms with van der Waals surface area (Å²) in [5.41, 5.74) is 16.1. The molecule has 115 heavy (non-hydrogen) atoms. The highest BCUT2D eigenvalue weighted by molar-refractivity contribution is 7.61. The topological polar surface area (TPSA) is 935 Å². The Balaban J connectivity index is 1.37. The van der Waals surface area contributed by atoms with E-state index in [4.69, 9.17) is 101 Å². The molecule has 7 rings (SSSR count). The third-order valence-corrected chi connectivity index (χ3v) is 23.2. The van der Waals surface area contributed by atoms with Gasteiger partial charge in [-0.25, -0.2) is 23.1 Å². The van der Waals surface area contributed by atoms with Gasteiger partial charge in [-0.3, -0.25) is 27.1 Å². The number of carboxylic acids is 1. The van der Waals surface area contributed by atoms with Crippen LogP contribution in [0, 0.1) is 0 Å². The molecule has 0 spiro atoms. The molecule has 4 unspecified atom stereocenters. The molecule has 0 saturated carbocycles. The minimum absolute atomic E-state index is 0.473. The van der Waals surface area contributed by atoms with E-state index < -0.39 is 368 Å². The zero-order valence-corrected chi connectivity index (χ0v) is 63.1. The van der Waals surface area contributed by atoms with Crippen LogP contribution in [0.3, 0.4) is 0 Å². The van der Waals surface area contributed by atoms with Crippen LogP contribution in [0.2, 0.25) is 0 Å². The van der Waals surface area contributed by atoms with Crippen molar-refractivity contribution in [1.29, 1.82) is 0 Å². The number of hydrogen-bond acceptors (Lipinski definition) is 52. The number of carboxylic acid groups (broad SMARTS) is 1. The van der Waals surface area contributed by atoms with Crippen LogP contribution in [-0.2, 0) is 116 Å². The third-order valence-electron chi connectivity index (χ3n) is 18.5. The molecule has 7 saturated heterocycles. The van der Waals surface area contributed by atoms with E-state index in [1.54, 1.807) is 0 Å². The molecule has 0 radical (unpaired) electrons. The molecule has 57 nitrogen and oxygen atoms in total. The Hall–Kier alpha value is -1.65. The van der Waals surface area contributed by atoms with Gasteiger partial charge in [-0.15, -0.1) is 0 Å². The van der Waals surface area contributed by atoms with E-state index in [1.807, 2.05) is 0 Å². The molecule has 0 amide bonds. The molecule has 7 fully saturated rings. The number of phosphoric acid groups is 4. The van der Waals surface area contributed by atoms with Gasteiger partial charge in [0.15, 0.2) is 37.7 Å². The fourth-order valence-corrected chi connectivity index (χ4v) is 16.9. The molecule has 0 aromatic heterocycles. The number of aliphatic hydroxyl groups is 24. The van der Waals surface area contributed by atoms with Gasteiger partial charge >= 0.3 is 37.3 Å². The summed E-state index contributed by atoms with van der Waals surface area (Å²) in [6, 6.07) is 0. The van der Waals surface area contributed by atoms with Crippen LogP contribution in [-0.4, -0.2) is 478 Å². The van der Waals surface area contributed by atoms with Gasteiger partial charge in [0.2, 0.25) is 0 Å². The summed E-state index contributed by atoms with van der Waals surface area (Å²) in [5, 5.41) is 278. The smallest absolute Gasteiger partial charge is 0.477 e. The van der Waals surface area contributed by atoms with Crippen molar-refractivity contribution in [3.8, 4) is 0 Å². The van der Waals surface area contributed by atoms with Crippen LogP contribution in [0.25, 0.3) is 0 Å². The molecular weight excluding hydrogens is 1680 g/mol. The molecule has 61 heteroatoms. The van der Waals surface area contributed by atoms with Crippen molar-refractivity contribution >= 4 is 37.3 Å². The first kappa shape index (κ1) is 100. The molecule has 0 aromatic carbocycles. The lowest BCUT2D eigenvalue weighted by molar-refractivity contribution is -0.417. The maximum Gasteiger partial charge on any atom is 0.481 e. The summed E-state index contributed by atoms with van der Waals surface area (Å²) in [6.45, 7) is -13.9. The van der Waals surface area contributed by atoms with E-state index in [2.05, 4.69) is 8.83 Å². The quantitative estimate of drug-likeness (QED) is 0.0252. The zero-order chi connectivity index (χ0) is 86.1. The summed E-state index contributed by atoms with van der Waals surface area (Å²) < 4.78 is 162. The van der Waals surface area contributed by atoms with Crippen molar-refractivity contribution in [3.05, 3.63) is 0 Å². The van der Waals surface area contributed by atoms with E-state index in [1.165, 1.54) is 0 Å². The fourth-order valence-electron chi connectivity index (χ4n) is 12.8. The Labute approximate surface area is 647 Å². The summed E-state index contributed by atoms with van der Waals surface area (Å²) in [6.07, 6.45) is -99.0. The van der Waals surface area contributed by atoms with Gasteiger partial charge < -0.3 is 226 Å². The highest BCUT2D eigenvalue weighted by Crippen LogP contribution is 2.62. The Kier molecular flexibility index (Phi) is 37.8. The van der Waals surface area contributed by atoms with Gasteiger partial charge in [-0.05, 0) is 0 Å². The van der Waals surface area contributed by atoms with E-state index in [-0.39, 0.29) is 0 Å². The van der Waals surface area contributed by atoms with Crippen LogP contribution in [0.5, 0.6) is 0 Å². The molecule has 7 heterocycles. The van der Waals surface area contributed by atoms with Crippen molar-refractivity contribution in [2.75, 3.05) is 85.7 Å². The summed E-state index contributed by atoms with van der Waals surface area (Å²) in [4.78, 5) is 55.3.